The number of Topliss-reactive ketones (excluding diaryl/α,β-unsaturated/α-hetero) is 1. The highest BCUT2D eigenvalue weighted by atomic mass is 16.1. The maximum absolute atomic E-state index is 13.3. The van der Waals surface area contributed by atoms with E-state index in [-0.39, 0.29) is 11.7 Å². The molecule has 3 heteroatoms. The van der Waals surface area contributed by atoms with Crippen molar-refractivity contribution in [2.75, 3.05) is 19.6 Å². The van der Waals surface area contributed by atoms with Gasteiger partial charge in [0.15, 0.2) is 5.78 Å². The van der Waals surface area contributed by atoms with Crippen LogP contribution < -0.4 is 4.90 Å². The van der Waals surface area contributed by atoms with Crippen LogP contribution in [0.25, 0.3) is 0 Å². The summed E-state index contributed by atoms with van der Waals surface area (Å²) < 4.78 is 0. The van der Waals surface area contributed by atoms with Crippen LogP contribution in [0.3, 0.4) is 0 Å². The van der Waals surface area contributed by atoms with E-state index in [0.717, 1.165) is 17.8 Å². The molecule has 5 rings (SSSR count). The number of benzene rings is 1. The van der Waals surface area contributed by atoms with Crippen molar-refractivity contribution in [2.24, 2.45) is 11.8 Å². The van der Waals surface area contributed by atoms with Gasteiger partial charge in [-0.25, -0.2) is 0 Å². The third-order valence-corrected chi connectivity index (χ3v) is 5.64. The van der Waals surface area contributed by atoms with Crippen molar-refractivity contribution in [3.05, 3.63) is 66.0 Å². The fourth-order valence-corrected chi connectivity index (χ4v) is 4.46. The monoisotopic (exact) mass is 307 g/mol. The normalized spacial score (nSPS) is 27.6. The van der Waals surface area contributed by atoms with E-state index >= 15 is 0 Å². The van der Waals surface area contributed by atoms with Gasteiger partial charge in [0.05, 0.1) is 31.2 Å². The van der Waals surface area contributed by atoms with Gasteiger partial charge in [-0.05, 0) is 18.1 Å². The predicted octanol–water partition coefficient (Wildman–Crippen LogP) is 1.97. The molecule has 2 aromatic rings. The molecule has 2 bridgehead atoms. The molecule has 0 aliphatic carbocycles. The highest BCUT2D eigenvalue weighted by Crippen LogP contribution is 2.37. The average molecular weight is 307 g/mol. The van der Waals surface area contributed by atoms with Gasteiger partial charge in [0, 0.05) is 30.5 Å². The van der Waals surface area contributed by atoms with E-state index in [1.54, 1.807) is 4.90 Å². The van der Waals surface area contributed by atoms with Gasteiger partial charge in [0.25, 0.3) is 0 Å². The van der Waals surface area contributed by atoms with Gasteiger partial charge in [-0.3, -0.25) is 9.78 Å². The Kier molecular flexibility index (Phi) is 3.96. The van der Waals surface area contributed by atoms with Gasteiger partial charge >= 0.3 is 0 Å². The molecule has 0 radical (unpaired) electrons. The Morgan fingerprint density at radius 2 is 1.78 bits per heavy atom. The molecule has 2 atom stereocenters. The quantitative estimate of drug-likeness (QED) is 0.877. The first kappa shape index (κ1) is 14.6. The molecule has 1 aromatic heterocycles. The molecular formula is C20H23N2O+. The van der Waals surface area contributed by atoms with Crippen LogP contribution in [0.1, 0.15) is 34.8 Å². The number of quaternary nitrogens is 1. The summed E-state index contributed by atoms with van der Waals surface area (Å²) in [6.45, 7) is 3.66. The topological polar surface area (TPSA) is 34.4 Å². The first-order valence-corrected chi connectivity index (χ1v) is 8.66. The molecule has 3 aliphatic heterocycles. The van der Waals surface area contributed by atoms with Crippen molar-refractivity contribution in [2.45, 2.75) is 18.8 Å². The molecule has 23 heavy (non-hydrogen) atoms. The minimum absolute atomic E-state index is 0.0980. The van der Waals surface area contributed by atoms with Crippen LogP contribution in [0.5, 0.6) is 0 Å². The summed E-state index contributed by atoms with van der Waals surface area (Å²) in [4.78, 5) is 19.5. The van der Waals surface area contributed by atoms with Crippen molar-refractivity contribution < 1.29 is 9.69 Å². The Morgan fingerprint density at radius 1 is 1.04 bits per heavy atom. The van der Waals surface area contributed by atoms with Crippen LogP contribution in [-0.4, -0.2) is 30.4 Å². The van der Waals surface area contributed by atoms with E-state index in [0.29, 0.717) is 11.8 Å². The predicted molar refractivity (Wildman–Crippen MR) is 89.5 cm³/mol. The van der Waals surface area contributed by atoms with Crippen molar-refractivity contribution in [1.29, 1.82) is 0 Å². The summed E-state index contributed by atoms with van der Waals surface area (Å²) in [6.07, 6.45) is 4.33. The van der Waals surface area contributed by atoms with Gasteiger partial charge in [0.2, 0.25) is 0 Å². The highest BCUT2D eigenvalue weighted by molar-refractivity contribution is 6.01. The van der Waals surface area contributed by atoms with Gasteiger partial charge in [-0.15, -0.1) is 0 Å². The Morgan fingerprint density at radius 3 is 2.39 bits per heavy atom. The number of nitrogens with zero attached hydrogens (tertiary/aromatic N) is 1. The minimum atomic E-state index is -0.0980. The average Bonchev–Trinajstić information content (AvgIpc) is 2.64. The molecule has 1 aromatic carbocycles. The number of carbonyl (C=O) groups is 1. The van der Waals surface area contributed by atoms with Crippen LogP contribution in [-0.2, 0) is 0 Å². The van der Waals surface area contributed by atoms with Gasteiger partial charge in [-0.2, -0.15) is 0 Å². The second-order valence-electron chi connectivity index (χ2n) is 6.92. The summed E-state index contributed by atoms with van der Waals surface area (Å²) in [5.74, 6) is 1.24. The minimum Gasteiger partial charge on any atom is -0.335 e. The molecule has 3 nitrogen and oxygen atoms in total. The van der Waals surface area contributed by atoms with Crippen LogP contribution in [0.15, 0.2) is 54.7 Å². The number of rotatable bonds is 4. The molecule has 3 saturated heterocycles. The number of ketones is 1. The SMILES string of the molecule is O=C(c1ccccc1)C(c1ccccn1)C1C[NH+]2CCC1CC2. The second kappa shape index (κ2) is 6.25. The lowest BCUT2D eigenvalue weighted by Gasteiger charge is -2.44. The van der Waals surface area contributed by atoms with Crippen LogP contribution in [0.4, 0.5) is 0 Å². The maximum atomic E-state index is 13.3. The number of hydrogen-bond acceptors (Lipinski definition) is 2. The highest BCUT2D eigenvalue weighted by Gasteiger charge is 2.45. The number of carbonyl (C=O) groups excluding carboxylic acids is 1. The number of pyridine rings is 1. The van der Waals surface area contributed by atoms with E-state index < -0.39 is 0 Å². The van der Waals surface area contributed by atoms with Crippen LogP contribution in [0, 0.1) is 11.8 Å². The first-order valence-electron chi connectivity index (χ1n) is 8.66. The number of fused-ring (bicyclic) bond motifs is 3. The van der Waals surface area contributed by atoms with Crippen LogP contribution >= 0.6 is 0 Å². The molecule has 4 heterocycles. The molecule has 0 saturated carbocycles. The number of hydrogen-bond donors (Lipinski definition) is 1. The fourth-order valence-electron chi connectivity index (χ4n) is 4.46. The molecule has 0 spiro atoms. The van der Waals surface area contributed by atoms with Crippen molar-refractivity contribution >= 4 is 5.78 Å². The Hall–Kier alpha value is -2.00. The largest absolute Gasteiger partial charge is 0.335 e. The molecule has 118 valence electrons. The number of piperidine rings is 3. The zero-order chi connectivity index (χ0) is 15.6. The fraction of sp³-hybridized carbons (Fsp3) is 0.400. The van der Waals surface area contributed by atoms with Crippen molar-refractivity contribution in [3.8, 4) is 0 Å². The lowest BCUT2D eigenvalue weighted by atomic mass is 9.69. The molecule has 3 fully saturated rings. The third kappa shape index (κ3) is 2.81. The Labute approximate surface area is 137 Å². The van der Waals surface area contributed by atoms with Gasteiger partial charge in [-0.1, -0.05) is 36.4 Å². The third-order valence-electron chi connectivity index (χ3n) is 5.64. The van der Waals surface area contributed by atoms with E-state index in [9.17, 15) is 4.79 Å². The second-order valence-corrected chi connectivity index (χ2v) is 6.92. The van der Waals surface area contributed by atoms with Crippen molar-refractivity contribution in [1.82, 2.24) is 4.98 Å². The zero-order valence-corrected chi connectivity index (χ0v) is 13.3. The lowest BCUT2D eigenvalue weighted by molar-refractivity contribution is -0.921. The number of aromatic nitrogens is 1. The summed E-state index contributed by atoms with van der Waals surface area (Å²) in [7, 11) is 0. The van der Waals surface area contributed by atoms with Crippen molar-refractivity contribution in [3.63, 3.8) is 0 Å². The van der Waals surface area contributed by atoms with E-state index in [4.69, 9.17) is 0 Å². The summed E-state index contributed by atoms with van der Waals surface area (Å²) in [5, 5.41) is 0. The summed E-state index contributed by atoms with van der Waals surface area (Å²) in [6, 6.07) is 15.7. The van der Waals surface area contributed by atoms with Gasteiger partial charge < -0.3 is 4.90 Å². The smallest absolute Gasteiger partial charge is 0.172 e. The number of nitrogens with one attached hydrogen (secondary N) is 1. The maximum Gasteiger partial charge on any atom is 0.172 e. The Balaban J connectivity index is 1.71. The van der Waals surface area contributed by atoms with Gasteiger partial charge in [0.1, 0.15) is 0 Å². The summed E-state index contributed by atoms with van der Waals surface area (Å²) >= 11 is 0. The molecule has 0 amide bonds. The summed E-state index contributed by atoms with van der Waals surface area (Å²) in [5.41, 5.74) is 1.76. The van der Waals surface area contributed by atoms with Crippen LogP contribution in [0.2, 0.25) is 0 Å². The van der Waals surface area contributed by atoms with E-state index in [1.165, 1.54) is 25.9 Å². The molecule has 2 unspecified atom stereocenters. The molecule has 1 N–H and O–H groups in total. The first-order chi connectivity index (χ1) is 11.3. The zero-order valence-electron chi connectivity index (χ0n) is 13.3. The van der Waals surface area contributed by atoms with E-state index in [2.05, 4.69) is 4.98 Å². The standard InChI is InChI=1S/C20H22N2O/c23-20(16-6-2-1-3-7-16)19(18-8-4-5-11-21-18)17-14-22-12-9-15(17)10-13-22/h1-8,11,15,17,19H,9-10,12-14H2/p+1. The molecular weight excluding hydrogens is 284 g/mol. The molecule has 3 aliphatic rings. The Bertz CT molecular complexity index is 663. The van der Waals surface area contributed by atoms with E-state index in [1.807, 2.05) is 54.7 Å². The lowest BCUT2D eigenvalue weighted by Crippen LogP contribution is -3.16.